The molecule has 2 fully saturated rings. The molecule has 4 nitrogen and oxygen atoms in total. The van der Waals surface area contributed by atoms with Crippen molar-refractivity contribution in [1.29, 1.82) is 0 Å². The molecule has 0 aromatic heterocycles. The lowest BCUT2D eigenvalue weighted by Gasteiger charge is -2.41. The molecule has 1 amide bonds. The molecule has 4 heteroatoms. The number of alkyl carbamates (subject to hydrolysis) is 1. The van der Waals surface area contributed by atoms with Gasteiger partial charge in [0.1, 0.15) is 5.60 Å². The molecule has 2 unspecified atom stereocenters. The van der Waals surface area contributed by atoms with E-state index >= 15 is 0 Å². The number of hydrogen-bond donors (Lipinski definition) is 1. The minimum atomic E-state index is -0.422. The number of piperidine rings is 1. The van der Waals surface area contributed by atoms with Crippen LogP contribution in [0.3, 0.4) is 0 Å². The smallest absolute Gasteiger partial charge is 0.407 e. The summed E-state index contributed by atoms with van der Waals surface area (Å²) in [5.74, 6) is 1.58. The van der Waals surface area contributed by atoms with Crippen molar-refractivity contribution in [3.63, 3.8) is 0 Å². The number of nitrogens with one attached hydrogen (secondary N) is 1. The zero-order valence-electron chi connectivity index (χ0n) is 14.2. The zero-order chi connectivity index (χ0) is 15.5. The summed E-state index contributed by atoms with van der Waals surface area (Å²) in [7, 11) is 0. The van der Waals surface area contributed by atoms with Gasteiger partial charge in [-0.15, -0.1) is 0 Å². The molecule has 1 saturated heterocycles. The zero-order valence-corrected chi connectivity index (χ0v) is 14.2. The molecule has 2 aliphatic rings. The molecule has 0 spiro atoms. The van der Waals surface area contributed by atoms with Crippen molar-refractivity contribution in [2.24, 2.45) is 11.8 Å². The van der Waals surface area contributed by atoms with Gasteiger partial charge < -0.3 is 15.0 Å². The van der Waals surface area contributed by atoms with Crippen molar-refractivity contribution >= 4 is 6.09 Å². The number of carbonyl (C=O) groups is 1. The number of nitrogens with zero attached hydrogens (tertiary/aromatic N) is 1. The molecule has 2 rings (SSSR count). The summed E-state index contributed by atoms with van der Waals surface area (Å²) >= 11 is 0. The van der Waals surface area contributed by atoms with E-state index in [1.807, 2.05) is 20.8 Å². The number of hydrogen-bond acceptors (Lipinski definition) is 3. The first-order chi connectivity index (χ1) is 9.85. The predicted octanol–water partition coefficient (Wildman–Crippen LogP) is 3.41. The maximum atomic E-state index is 12.0. The van der Waals surface area contributed by atoms with Crippen molar-refractivity contribution in [3.05, 3.63) is 0 Å². The summed E-state index contributed by atoms with van der Waals surface area (Å²) in [4.78, 5) is 14.5. The summed E-state index contributed by atoms with van der Waals surface area (Å²) < 4.78 is 5.39. The van der Waals surface area contributed by atoms with Gasteiger partial charge in [0, 0.05) is 25.7 Å². The van der Waals surface area contributed by atoms with Gasteiger partial charge in [0.15, 0.2) is 0 Å². The maximum Gasteiger partial charge on any atom is 0.407 e. The van der Waals surface area contributed by atoms with Crippen LogP contribution in [0.5, 0.6) is 0 Å². The Labute approximate surface area is 129 Å². The molecular weight excluding hydrogens is 264 g/mol. The highest BCUT2D eigenvalue weighted by Crippen LogP contribution is 2.29. The van der Waals surface area contributed by atoms with Crippen LogP contribution in [0.4, 0.5) is 4.79 Å². The van der Waals surface area contributed by atoms with Crippen molar-refractivity contribution in [3.8, 4) is 0 Å². The molecule has 1 N–H and O–H groups in total. The van der Waals surface area contributed by atoms with E-state index in [2.05, 4.69) is 17.1 Å². The molecule has 1 heterocycles. The van der Waals surface area contributed by atoms with E-state index in [9.17, 15) is 4.79 Å². The van der Waals surface area contributed by atoms with Gasteiger partial charge in [-0.2, -0.15) is 0 Å². The van der Waals surface area contributed by atoms with E-state index in [0.717, 1.165) is 18.9 Å². The van der Waals surface area contributed by atoms with Crippen LogP contribution in [-0.2, 0) is 4.74 Å². The van der Waals surface area contributed by atoms with Gasteiger partial charge in [-0.1, -0.05) is 19.8 Å². The molecule has 0 radical (unpaired) electrons. The second kappa shape index (κ2) is 6.99. The third kappa shape index (κ3) is 5.50. The molecule has 1 saturated carbocycles. The SMILES string of the molecule is CCC1CC(NC(=O)OC(C)(C)C)CN(CC2CCC2)C1. The van der Waals surface area contributed by atoms with Gasteiger partial charge in [-0.3, -0.25) is 0 Å². The third-order valence-electron chi connectivity index (χ3n) is 4.65. The number of carbonyl (C=O) groups excluding carboxylic acids is 1. The van der Waals surface area contributed by atoms with E-state index in [0.29, 0.717) is 5.92 Å². The maximum absolute atomic E-state index is 12.0. The average Bonchev–Trinajstić information content (AvgIpc) is 2.31. The van der Waals surface area contributed by atoms with Crippen LogP contribution >= 0.6 is 0 Å². The Morgan fingerprint density at radius 1 is 1.24 bits per heavy atom. The first kappa shape index (κ1) is 16.6. The minimum Gasteiger partial charge on any atom is -0.444 e. The summed E-state index contributed by atoms with van der Waals surface area (Å²) in [6.45, 7) is 11.4. The van der Waals surface area contributed by atoms with E-state index in [1.165, 1.54) is 38.8 Å². The second-order valence-corrected chi connectivity index (χ2v) is 7.87. The summed E-state index contributed by atoms with van der Waals surface area (Å²) in [6, 6.07) is 0.235. The first-order valence-corrected chi connectivity index (χ1v) is 8.57. The quantitative estimate of drug-likeness (QED) is 0.864. The van der Waals surface area contributed by atoms with Crippen molar-refractivity contribution < 1.29 is 9.53 Å². The Morgan fingerprint density at radius 2 is 1.95 bits per heavy atom. The fraction of sp³-hybridized carbons (Fsp3) is 0.941. The lowest BCUT2D eigenvalue weighted by molar-refractivity contribution is 0.0425. The summed E-state index contributed by atoms with van der Waals surface area (Å²) in [6.07, 6.45) is 6.17. The van der Waals surface area contributed by atoms with Crippen molar-refractivity contribution in [2.45, 2.75) is 71.4 Å². The van der Waals surface area contributed by atoms with Crippen LogP contribution in [0.15, 0.2) is 0 Å². The van der Waals surface area contributed by atoms with Crippen LogP contribution in [-0.4, -0.2) is 42.3 Å². The largest absolute Gasteiger partial charge is 0.444 e. The minimum absolute atomic E-state index is 0.235. The van der Waals surface area contributed by atoms with Crippen LogP contribution < -0.4 is 5.32 Å². The normalized spacial score (nSPS) is 28.0. The van der Waals surface area contributed by atoms with Gasteiger partial charge >= 0.3 is 6.09 Å². The van der Waals surface area contributed by atoms with Crippen LogP contribution in [0.25, 0.3) is 0 Å². The van der Waals surface area contributed by atoms with Gasteiger partial charge in [-0.25, -0.2) is 4.79 Å². The van der Waals surface area contributed by atoms with Crippen molar-refractivity contribution in [1.82, 2.24) is 10.2 Å². The monoisotopic (exact) mass is 296 g/mol. The fourth-order valence-corrected chi connectivity index (χ4v) is 3.37. The Balaban J connectivity index is 1.83. The highest BCUT2D eigenvalue weighted by Gasteiger charge is 2.30. The highest BCUT2D eigenvalue weighted by molar-refractivity contribution is 5.68. The van der Waals surface area contributed by atoms with E-state index in [-0.39, 0.29) is 12.1 Å². The van der Waals surface area contributed by atoms with Gasteiger partial charge in [-0.05, 0) is 51.9 Å². The van der Waals surface area contributed by atoms with Crippen LogP contribution in [0.1, 0.15) is 59.8 Å². The number of likely N-dealkylation sites (tertiary alicyclic amines) is 1. The van der Waals surface area contributed by atoms with Crippen molar-refractivity contribution in [2.75, 3.05) is 19.6 Å². The van der Waals surface area contributed by atoms with Gasteiger partial charge in [0.2, 0.25) is 0 Å². The summed E-state index contributed by atoms with van der Waals surface area (Å²) in [5.41, 5.74) is -0.422. The molecule has 0 aromatic rings. The second-order valence-electron chi connectivity index (χ2n) is 7.87. The van der Waals surface area contributed by atoms with Crippen LogP contribution in [0.2, 0.25) is 0 Å². The summed E-state index contributed by atoms with van der Waals surface area (Å²) in [5, 5.41) is 3.08. The first-order valence-electron chi connectivity index (χ1n) is 8.57. The lowest BCUT2D eigenvalue weighted by atomic mass is 9.83. The van der Waals surface area contributed by atoms with Crippen LogP contribution in [0, 0.1) is 11.8 Å². The fourth-order valence-electron chi connectivity index (χ4n) is 3.37. The molecule has 1 aliphatic carbocycles. The Morgan fingerprint density at radius 3 is 2.48 bits per heavy atom. The number of ether oxygens (including phenoxy) is 1. The molecule has 21 heavy (non-hydrogen) atoms. The molecule has 1 aliphatic heterocycles. The third-order valence-corrected chi connectivity index (χ3v) is 4.65. The lowest BCUT2D eigenvalue weighted by Crippen LogP contribution is -2.52. The Hall–Kier alpha value is -0.770. The number of amides is 1. The average molecular weight is 296 g/mol. The Kier molecular flexibility index (Phi) is 5.53. The molecule has 122 valence electrons. The van der Waals surface area contributed by atoms with Gasteiger partial charge in [0.25, 0.3) is 0 Å². The Bertz CT molecular complexity index is 345. The molecular formula is C17H32N2O2. The molecule has 0 aromatic carbocycles. The standard InChI is InChI=1S/C17H32N2O2/c1-5-13-9-15(18-16(20)21-17(2,3)4)12-19(10-13)11-14-7-6-8-14/h13-15H,5-12H2,1-4H3,(H,18,20). The van der Waals surface area contributed by atoms with Gasteiger partial charge in [0.05, 0.1) is 0 Å². The molecule has 0 bridgehead atoms. The van der Waals surface area contributed by atoms with E-state index in [1.54, 1.807) is 0 Å². The predicted molar refractivity (Wildman–Crippen MR) is 85.3 cm³/mol. The highest BCUT2D eigenvalue weighted by atomic mass is 16.6. The topological polar surface area (TPSA) is 41.6 Å². The number of rotatable bonds is 4. The van der Waals surface area contributed by atoms with E-state index in [4.69, 9.17) is 4.74 Å². The van der Waals surface area contributed by atoms with E-state index < -0.39 is 5.60 Å². The molecule has 2 atom stereocenters.